The summed E-state index contributed by atoms with van der Waals surface area (Å²) in [4.78, 5) is 23.9. The van der Waals surface area contributed by atoms with E-state index in [1.807, 2.05) is 4.90 Å². The van der Waals surface area contributed by atoms with Gasteiger partial charge >= 0.3 is 5.97 Å². The molecular weight excluding hydrogens is 236 g/mol. The number of methoxy groups -OCH3 is 1. The van der Waals surface area contributed by atoms with Crippen LogP contribution in [0.15, 0.2) is 18.2 Å². The fourth-order valence-electron chi connectivity index (χ4n) is 1.87. The first-order chi connectivity index (χ1) is 8.61. The molecule has 2 N–H and O–H groups in total. The van der Waals surface area contributed by atoms with Crippen molar-refractivity contribution < 1.29 is 19.4 Å². The second kappa shape index (κ2) is 4.95. The van der Waals surface area contributed by atoms with E-state index in [2.05, 4.69) is 5.32 Å². The van der Waals surface area contributed by atoms with E-state index in [0.29, 0.717) is 25.4 Å². The fourth-order valence-corrected chi connectivity index (χ4v) is 1.87. The zero-order chi connectivity index (χ0) is 13.1. The molecule has 0 aromatic heterocycles. The molecular formula is C12H14N2O4. The van der Waals surface area contributed by atoms with Crippen molar-refractivity contribution in [2.24, 2.45) is 0 Å². The van der Waals surface area contributed by atoms with Crippen LogP contribution in [0.4, 0.5) is 5.69 Å². The molecule has 0 aliphatic carbocycles. The van der Waals surface area contributed by atoms with E-state index in [1.165, 1.54) is 19.2 Å². The van der Waals surface area contributed by atoms with Crippen molar-refractivity contribution >= 4 is 17.6 Å². The monoisotopic (exact) mass is 250 g/mol. The fraction of sp³-hybridized carbons (Fsp3) is 0.333. The quantitative estimate of drug-likeness (QED) is 0.824. The van der Waals surface area contributed by atoms with Gasteiger partial charge in [-0.1, -0.05) is 0 Å². The van der Waals surface area contributed by atoms with Gasteiger partial charge in [0.15, 0.2) is 0 Å². The molecule has 0 bridgehead atoms. The molecule has 1 fully saturated rings. The van der Waals surface area contributed by atoms with Gasteiger partial charge in [-0.3, -0.25) is 4.79 Å². The van der Waals surface area contributed by atoms with Crippen LogP contribution in [-0.4, -0.2) is 37.3 Å². The summed E-state index contributed by atoms with van der Waals surface area (Å²) in [5, 5.41) is 11.6. The van der Waals surface area contributed by atoms with E-state index >= 15 is 0 Å². The van der Waals surface area contributed by atoms with Crippen LogP contribution in [0.5, 0.6) is 5.75 Å². The molecule has 1 aliphatic heterocycles. The van der Waals surface area contributed by atoms with Crippen LogP contribution in [0.2, 0.25) is 0 Å². The number of carbonyl (C=O) groups is 2. The first-order valence-corrected chi connectivity index (χ1v) is 5.55. The van der Waals surface area contributed by atoms with Crippen molar-refractivity contribution in [1.29, 1.82) is 0 Å². The van der Waals surface area contributed by atoms with Gasteiger partial charge < -0.3 is 20.1 Å². The van der Waals surface area contributed by atoms with Crippen LogP contribution < -0.4 is 15.0 Å². The number of nitrogens with zero attached hydrogens (tertiary/aromatic N) is 1. The first-order valence-electron chi connectivity index (χ1n) is 5.55. The highest BCUT2D eigenvalue weighted by atomic mass is 16.5. The predicted molar refractivity (Wildman–Crippen MR) is 64.9 cm³/mol. The lowest BCUT2D eigenvalue weighted by atomic mass is 10.1. The number of aromatic carboxylic acids is 1. The second-order valence-electron chi connectivity index (χ2n) is 3.96. The van der Waals surface area contributed by atoms with Crippen molar-refractivity contribution in [3.05, 3.63) is 23.8 Å². The Balaban J connectivity index is 2.27. The summed E-state index contributed by atoms with van der Waals surface area (Å²) < 4.78 is 5.20. The van der Waals surface area contributed by atoms with Gasteiger partial charge in [-0.05, 0) is 18.2 Å². The average Bonchev–Trinajstić information content (AvgIpc) is 2.39. The molecule has 1 heterocycles. The molecule has 1 saturated heterocycles. The second-order valence-corrected chi connectivity index (χ2v) is 3.96. The van der Waals surface area contributed by atoms with E-state index < -0.39 is 5.97 Å². The van der Waals surface area contributed by atoms with Gasteiger partial charge in [0, 0.05) is 13.0 Å². The van der Waals surface area contributed by atoms with E-state index in [0.717, 1.165) is 5.69 Å². The SMILES string of the molecule is COc1cc(C(=O)O)ccc1N1CCC(=O)NC1. The van der Waals surface area contributed by atoms with Crippen LogP contribution in [0.25, 0.3) is 0 Å². The zero-order valence-electron chi connectivity index (χ0n) is 9.97. The maximum absolute atomic E-state index is 11.1. The number of hydrogen-bond donors (Lipinski definition) is 2. The Labute approximate surface area is 104 Å². The van der Waals surface area contributed by atoms with Gasteiger partial charge in [-0.15, -0.1) is 0 Å². The largest absolute Gasteiger partial charge is 0.495 e. The number of ether oxygens (including phenoxy) is 1. The van der Waals surface area contributed by atoms with Crippen LogP contribution in [-0.2, 0) is 4.79 Å². The molecule has 2 rings (SSSR count). The summed E-state index contributed by atoms with van der Waals surface area (Å²) in [6, 6.07) is 4.70. The Morgan fingerprint density at radius 2 is 2.28 bits per heavy atom. The minimum atomic E-state index is -0.994. The summed E-state index contributed by atoms with van der Waals surface area (Å²) in [5.74, 6) is -0.481. The molecule has 96 valence electrons. The van der Waals surface area contributed by atoms with Crippen molar-refractivity contribution in [1.82, 2.24) is 5.32 Å². The molecule has 6 heteroatoms. The Hall–Kier alpha value is -2.24. The summed E-state index contributed by atoms with van der Waals surface area (Å²) in [7, 11) is 1.49. The van der Waals surface area contributed by atoms with Gasteiger partial charge in [-0.2, -0.15) is 0 Å². The number of anilines is 1. The third kappa shape index (κ3) is 2.37. The number of carboxylic acids is 1. The van der Waals surface area contributed by atoms with Gasteiger partial charge in [-0.25, -0.2) is 4.79 Å². The number of rotatable bonds is 3. The Morgan fingerprint density at radius 1 is 1.50 bits per heavy atom. The Kier molecular flexibility index (Phi) is 3.36. The van der Waals surface area contributed by atoms with Crippen molar-refractivity contribution in [2.75, 3.05) is 25.2 Å². The third-order valence-electron chi connectivity index (χ3n) is 2.84. The lowest BCUT2D eigenvalue weighted by molar-refractivity contribution is -0.121. The van der Waals surface area contributed by atoms with Gasteiger partial charge in [0.05, 0.1) is 25.0 Å². The highest BCUT2D eigenvalue weighted by Crippen LogP contribution is 2.29. The van der Waals surface area contributed by atoms with Gasteiger partial charge in [0.25, 0.3) is 0 Å². The van der Waals surface area contributed by atoms with E-state index in [1.54, 1.807) is 6.07 Å². The minimum absolute atomic E-state index is 0.0207. The molecule has 0 atom stereocenters. The number of carbonyl (C=O) groups excluding carboxylic acids is 1. The van der Waals surface area contributed by atoms with E-state index in [9.17, 15) is 9.59 Å². The number of amides is 1. The molecule has 6 nitrogen and oxygen atoms in total. The molecule has 1 aromatic rings. The highest BCUT2D eigenvalue weighted by Gasteiger charge is 2.19. The molecule has 1 aromatic carbocycles. The normalized spacial score (nSPS) is 15.2. The number of carboxylic acid groups (broad SMARTS) is 1. The maximum atomic E-state index is 11.1. The molecule has 1 amide bonds. The molecule has 0 spiro atoms. The molecule has 0 saturated carbocycles. The van der Waals surface area contributed by atoms with E-state index in [-0.39, 0.29) is 11.5 Å². The topological polar surface area (TPSA) is 78.9 Å². The molecule has 0 radical (unpaired) electrons. The van der Waals surface area contributed by atoms with Crippen molar-refractivity contribution in [2.45, 2.75) is 6.42 Å². The van der Waals surface area contributed by atoms with Crippen molar-refractivity contribution in [3.63, 3.8) is 0 Å². The number of hydrogen-bond acceptors (Lipinski definition) is 4. The van der Waals surface area contributed by atoms with Crippen LogP contribution >= 0.6 is 0 Å². The van der Waals surface area contributed by atoms with E-state index in [4.69, 9.17) is 9.84 Å². The lowest BCUT2D eigenvalue weighted by Crippen LogP contribution is -2.45. The average molecular weight is 250 g/mol. The summed E-state index contributed by atoms with van der Waals surface area (Å²) in [6.07, 6.45) is 0.420. The minimum Gasteiger partial charge on any atom is -0.495 e. The number of benzene rings is 1. The predicted octanol–water partition coefficient (Wildman–Crippen LogP) is 0.677. The zero-order valence-corrected chi connectivity index (χ0v) is 9.97. The maximum Gasteiger partial charge on any atom is 0.335 e. The number of nitrogens with one attached hydrogen (secondary N) is 1. The van der Waals surface area contributed by atoms with Crippen LogP contribution in [0.3, 0.4) is 0 Å². The standard InChI is InChI=1S/C12H14N2O4/c1-18-10-6-8(12(16)17)2-3-9(10)14-5-4-11(15)13-7-14/h2-3,6H,4-5,7H2,1H3,(H,13,15)(H,16,17). The van der Waals surface area contributed by atoms with Crippen LogP contribution in [0, 0.1) is 0 Å². The van der Waals surface area contributed by atoms with Gasteiger partial charge in [0.2, 0.25) is 5.91 Å². The van der Waals surface area contributed by atoms with Crippen LogP contribution in [0.1, 0.15) is 16.8 Å². The van der Waals surface area contributed by atoms with Crippen molar-refractivity contribution in [3.8, 4) is 5.75 Å². The summed E-state index contributed by atoms with van der Waals surface area (Å²) in [5.41, 5.74) is 0.958. The lowest BCUT2D eigenvalue weighted by Gasteiger charge is -2.30. The summed E-state index contributed by atoms with van der Waals surface area (Å²) in [6.45, 7) is 0.996. The van der Waals surface area contributed by atoms with Gasteiger partial charge in [0.1, 0.15) is 5.75 Å². The molecule has 1 aliphatic rings. The first kappa shape index (κ1) is 12.2. The molecule has 0 unspecified atom stereocenters. The Bertz CT molecular complexity index is 477. The summed E-state index contributed by atoms with van der Waals surface area (Å²) >= 11 is 0. The smallest absolute Gasteiger partial charge is 0.335 e. The third-order valence-corrected chi connectivity index (χ3v) is 2.84. The Morgan fingerprint density at radius 3 is 2.83 bits per heavy atom. The molecule has 18 heavy (non-hydrogen) atoms. The highest BCUT2D eigenvalue weighted by molar-refractivity contribution is 5.89.